The maximum atomic E-state index is 11.5. The van der Waals surface area contributed by atoms with Crippen molar-refractivity contribution in [2.75, 3.05) is 19.8 Å². The van der Waals surface area contributed by atoms with Gasteiger partial charge in [0.15, 0.2) is 0 Å². The Morgan fingerprint density at radius 2 is 1.56 bits per heavy atom. The molecular formula is C19H31NO5. The molecule has 0 amide bonds. The summed E-state index contributed by atoms with van der Waals surface area (Å²) in [5.74, 6) is 0.856. The molecule has 142 valence electrons. The highest BCUT2D eigenvalue weighted by Gasteiger charge is 2.34. The van der Waals surface area contributed by atoms with Crippen LogP contribution in [0.5, 0.6) is 17.2 Å². The van der Waals surface area contributed by atoms with Gasteiger partial charge in [0.05, 0.1) is 19.8 Å². The lowest BCUT2D eigenvalue weighted by Gasteiger charge is -2.28. The van der Waals surface area contributed by atoms with E-state index in [0.717, 1.165) is 5.56 Å². The number of carbonyl (C=O) groups is 1. The average molecular weight is 353 g/mol. The van der Waals surface area contributed by atoms with Crippen LogP contribution in [0.4, 0.5) is 0 Å². The summed E-state index contributed by atoms with van der Waals surface area (Å²) in [4.78, 5) is 11.5. The van der Waals surface area contributed by atoms with Crippen LogP contribution >= 0.6 is 0 Å². The fraction of sp³-hybridized carbons (Fsp3) is 0.632. The molecule has 6 heteroatoms. The predicted octanol–water partition coefficient (Wildman–Crippen LogP) is 3.57. The number of hydrogen-bond acceptors (Lipinski definition) is 5. The lowest BCUT2D eigenvalue weighted by Crippen LogP contribution is -2.46. The summed E-state index contributed by atoms with van der Waals surface area (Å²) in [5.41, 5.74) is 5.52. The highest BCUT2D eigenvalue weighted by Crippen LogP contribution is 2.43. The fourth-order valence-electron chi connectivity index (χ4n) is 2.83. The Kier molecular flexibility index (Phi) is 8.03. The lowest BCUT2D eigenvalue weighted by molar-refractivity contribution is -0.143. The van der Waals surface area contributed by atoms with Gasteiger partial charge in [0.2, 0.25) is 0 Å². The van der Waals surface area contributed by atoms with Gasteiger partial charge in [-0.2, -0.15) is 0 Å². The molecule has 0 spiro atoms. The fourth-order valence-corrected chi connectivity index (χ4v) is 2.83. The second-order valence-corrected chi connectivity index (χ2v) is 6.16. The van der Waals surface area contributed by atoms with E-state index in [1.165, 1.54) is 6.92 Å². The predicted molar refractivity (Wildman–Crippen MR) is 97.8 cm³/mol. The molecule has 0 saturated carbocycles. The minimum absolute atomic E-state index is 0.107. The van der Waals surface area contributed by atoms with Crippen molar-refractivity contribution in [3.05, 3.63) is 17.7 Å². The molecule has 1 aromatic carbocycles. The van der Waals surface area contributed by atoms with Crippen LogP contribution in [-0.2, 0) is 4.79 Å². The molecule has 0 bridgehead atoms. The highest BCUT2D eigenvalue weighted by molar-refractivity contribution is 5.78. The Morgan fingerprint density at radius 1 is 1.08 bits per heavy atom. The van der Waals surface area contributed by atoms with Crippen LogP contribution in [0.2, 0.25) is 0 Å². The number of nitrogens with two attached hydrogens (primary N) is 1. The number of carboxylic acids is 1. The van der Waals surface area contributed by atoms with E-state index in [4.69, 9.17) is 19.9 Å². The van der Waals surface area contributed by atoms with Gasteiger partial charge in [-0.05, 0) is 46.5 Å². The Morgan fingerprint density at radius 3 is 1.92 bits per heavy atom. The van der Waals surface area contributed by atoms with Crippen LogP contribution in [0, 0.1) is 0 Å². The van der Waals surface area contributed by atoms with Gasteiger partial charge >= 0.3 is 5.97 Å². The Hall–Kier alpha value is -1.95. The smallest absolute Gasteiger partial charge is 0.323 e. The summed E-state index contributed by atoms with van der Waals surface area (Å²) in [7, 11) is 0. The standard InChI is InChI=1S/C19H31NO5/c1-6-13(12-19(5,20)18(21)22)17-15(24-8-3)10-14(23-7-2)11-16(17)25-9-4/h10-11,13H,6-9,12,20H2,1-5H3,(H,21,22). The molecule has 0 aliphatic rings. The van der Waals surface area contributed by atoms with E-state index in [1.54, 1.807) is 0 Å². The molecule has 2 atom stereocenters. The summed E-state index contributed by atoms with van der Waals surface area (Å²) in [6.45, 7) is 10.8. The van der Waals surface area contributed by atoms with Crippen LogP contribution in [0.1, 0.15) is 58.9 Å². The van der Waals surface area contributed by atoms with Crippen LogP contribution in [0.15, 0.2) is 12.1 Å². The summed E-state index contributed by atoms with van der Waals surface area (Å²) in [5, 5.41) is 9.38. The molecule has 1 aromatic rings. The minimum Gasteiger partial charge on any atom is -0.494 e. The summed E-state index contributed by atoms with van der Waals surface area (Å²) >= 11 is 0. The van der Waals surface area contributed by atoms with Gasteiger partial charge < -0.3 is 25.1 Å². The van der Waals surface area contributed by atoms with Gasteiger partial charge in [-0.15, -0.1) is 0 Å². The van der Waals surface area contributed by atoms with Crippen LogP contribution in [-0.4, -0.2) is 36.4 Å². The molecular weight excluding hydrogens is 322 g/mol. The minimum atomic E-state index is -1.33. The monoisotopic (exact) mass is 353 g/mol. The molecule has 6 nitrogen and oxygen atoms in total. The Bertz CT molecular complexity index is 544. The first-order valence-corrected chi connectivity index (χ1v) is 8.89. The van der Waals surface area contributed by atoms with E-state index < -0.39 is 11.5 Å². The van der Waals surface area contributed by atoms with E-state index in [-0.39, 0.29) is 12.3 Å². The van der Waals surface area contributed by atoms with Crippen molar-refractivity contribution in [2.24, 2.45) is 5.73 Å². The maximum Gasteiger partial charge on any atom is 0.323 e. The first-order chi connectivity index (χ1) is 11.8. The van der Waals surface area contributed by atoms with Crippen molar-refractivity contribution in [3.63, 3.8) is 0 Å². The van der Waals surface area contributed by atoms with Crippen LogP contribution < -0.4 is 19.9 Å². The number of benzene rings is 1. The molecule has 0 aromatic heterocycles. The third kappa shape index (κ3) is 5.53. The Balaban J connectivity index is 3.42. The second kappa shape index (κ2) is 9.51. The van der Waals surface area contributed by atoms with Crippen molar-refractivity contribution in [2.45, 2.75) is 58.9 Å². The number of hydrogen-bond donors (Lipinski definition) is 2. The molecule has 0 saturated heterocycles. The first-order valence-electron chi connectivity index (χ1n) is 8.89. The largest absolute Gasteiger partial charge is 0.494 e. The second-order valence-electron chi connectivity index (χ2n) is 6.16. The zero-order valence-electron chi connectivity index (χ0n) is 15.9. The van der Waals surface area contributed by atoms with Gasteiger partial charge in [-0.25, -0.2) is 0 Å². The SMILES string of the molecule is CCOc1cc(OCC)c(C(CC)CC(C)(N)C(=O)O)c(OCC)c1. The molecule has 2 unspecified atom stereocenters. The third-order valence-corrected chi connectivity index (χ3v) is 4.05. The van der Waals surface area contributed by atoms with Crippen molar-refractivity contribution in [1.29, 1.82) is 0 Å². The molecule has 0 aliphatic carbocycles. The molecule has 25 heavy (non-hydrogen) atoms. The van der Waals surface area contributed by atoms with E-state index in [2.05, 4.69) is 0 Å². The quantitative estimate of drug-likeness (QED) is 0.632. The van der Waals surface area contributed by atoms with Crippen molar-refractivity contribution >= 4 is 5.97 Å². The summed E-state index contributed by atoms with van der Waals surface area (Å²) < 4.78 is 17.2. The van der Waals surface area contributed by atoms with Crippen LogP contribution in [0.3, 0.4) is 0 Å². The van der Waals surface area contributed by atoms with Crippen LogP contribution in [0.25, 0.3) is 0 Å². The normalized spacial score (nSPS) is 14.5. The van der Waals surface area contributed by atoms with Gasteiger partial charge in [-0.3, -0.25) is 4.79 Å². The van der Waals surface area contributed by atoms with E-state index >= 15 is 0 Å². The third-order valence-electron chi connectivity index (χ3n) is 4.05. The topological polar surface area (TPSA) is 91.0 Å². The molecule has 1 rings (SSSR count). The van der Waals surface area contributed by atoms with E-state index in [1.807, 2.05) is 39.8 Å². The van der Waals surface area contributed by atoms with E-state index in [9.17, 15) is 9.90 Å². The Labute approximate surface area is 150 Å². The van der Waals surface area contributed by atoms with Gasteiger partial charge in [-0.1, -0.05) is 6.92 Å². The number of ether oxygens (including phenoxy) is 3. The summed E-state index contributed by atoms with van der Waals surface area (Å²) in [6, 6.07) is 3.67. The van der Waals surface area contributed by atoms with Crippen molar-refractivity contribution in [3.8, 4) is 17.2 Å². The van der Waals surface area contributed by atoms with Crippen molar-refractivity contribution < 1.29 is 24.1 Å². The number of carboxylic acid groups (broad SMARTS) is 1. The maximum absolute atomic E-state index is 11.5. The molecule has 3 N–H and O–H groups in total. The summed E-state index contributed by atoms with van der Waals surface area (Å²) in [6.07, 6.45) is 1.00. The van der Waals surface area contributed by atoms with Gasteiger partial charge in [0.25, 0.3) is 0 Å². The zero-order valence-corrected chi connectivity index (χ0v) is 15.9. The number of aliphatic carboxylic acids is 1. The van der Waals surface area contributed by atoms with Crippen molar-refractivity contribution in [1.82, 2.24) is 0 Å². The molecule has 0 radical (unpaired) electrons. The highest BCUT2D eigenvalue weighted by atomic mass is 16.5. The first kappa shape index (κ1) is 21.1. The molecule has 0 heterocycles. The number of rotatable bonds is 11. The van der Waals surface area contributed by atoms with Gasteiger partial charge in [0.1, 0.15) is 22.8 Å². The molecule has 0 fully saturated rings. The average Bonchev–Trinajstić information content (AvgIpc) is 2.54. The molecule has 0 aliphatic heterocycles. The zero-order chi connectivity index (χ0) is 19.0. The lowest BCUT2D eigenvalue weighted by atomic mass is 9.83. The van der Waals surface area contributed by atoms with Gasteiger partial charge in [0, 0.05) is 17.7 Å². The van der Waals surface area contributed by atoms with E-state index in [0.29, 0.717) is 43.5 Å².